The second kappa shape index (κ2) is 10.4. The van der Waals surface area contributed by atoms with Crippen molar-refractivity contribution < 1.29 is 28.6 Å². The number of carbonyl (C=O) groups excluding carboxylic acids is 2. The van der Waals surface area contributed by atoms with Crippen LogP contribution in [-0.2, 0) is 11.3 Å². The van der Waals surface area contributed by atoms with E-state index in [-0.39, 0.29) is 24.0 Å². The van der Waals surface area contributed by atoms with Gasteiger partial charge in [0.25, 0.3) is 5.91 Å². The monoisotopic (exact) mass is 575 g/mol. The summed E-state index contributed by atoms with van der Waals surface area (Å²) in [5.41, 5.74) is 1.98. The van der Waals surface area contributed by atoms with E-state index in [2.05, 4.69) is 15.9 Å². The summed E-state index contributed by atoms with van der Waals surface area (Å²) in [6, 6.07) is 20.7. The van der Waals surface area contributed by atoms with Crippen LogP contribution in [0.4, 0.5) is 0 Å². The molecule has 0 aliphatic carbocycles. The van der Waals surface area contributed by atoms with E-state index in [0.717, 1.165) is 15.4 Å². The van der Waals surface area contributed by atoms with Gasteiger partial charge in [-0.1, -0.05) is 40.2 Å². The number of Topliss-reactive ketones (excluding diaryl/α,β-unsaturated/α-hetero) is 1. The molecule has 1 aliphatic heterocycles. The van der Waals surface area contributed by atoms with Crippen LogP contribution < -0.4 is 9.47 Å². The van der Waals surface area contributed by atoms with Gasteiger partial charge in [-0.15, -0.1) is 0 Å². The summed E-state index contributed by atoms with van der Waals surface area (Å²) in [5.74, 6) is -0.365. The average Bonchev–Trinajstić information content (AvgIpc) is 3.43. The minimum atomic E-state index is -0.829. The predicted octanol–water partition coefficient (Wildman–Crippen LogP) is 6.77. The molecule has 1 amide bonds. The van der Waals surface area contributed by atoms with E-state index in [9.17, 15) is 14.7 Å². The lowest BCUT2D eigenvalue weighted by Crippen LogP contribution is -2.30. The van der Waals surface area contributed by atoms with Gasteiger partial charge in [0.2, 0.25) is 5.78 Å². The van der Waals surface area contributed by atoms with E-state index in [1.807, 2.05) is 38.1 Å². The lowest BCUT2D eigenvalue weighted by molar-refractivity contribution is -0.130. The van der Waals surface area contributed by atoms with Crippen molar-refractivity contribution in [2.75, 3.05) is 7.11 Å². The molecule has 0 saturated carbocycles. The van der Waals surface area contributed by atoms with E-state index >= 15 is 0 Å². The van der Waals surface area contributed by atoms with Gasteiger partial charge in [-0.3, -0.25) is 9.59 Å². The highest BCUT2D eigenvalue weighted by Crippen LogP contribution is 2.41. The molecule has 0 radical (unpaired) electrons. The highest BCUT2D eigenvalue weighted by molar-refractivity contribution is 9.10. The van der Waals surface area contributed by atoms with Crippen LogP contribution in [0.15, 0.2) is 93.0 Å². The molecule has 38 heavy (non-hydrogen) atoms. The molecule has 1 N–H and O–H groups in total. The van der Waals surface area contributed by atoms with Gasteiger partial charge in [-0.2, -0.15) is 0 Å². The predicted molar refractivity (Wildman–Crippen MR) is 146 cm³/mol. The summed E-state index contributed by atoms with van der Waals surface area (Å²) in [4.78, 5) is 28.7. The zero-order valence-corrected chi connectivity index (χ0v) is 22.7. The molecule has 1 aliphatic rings. The van der Waals surface area contributed by atoms with Crippen molar-refractivity contribution in [1.29, 1.82) is 0 Å². The number of halogens is 1. The Labute approximate surface area is 228 Å². The fraction of sp³-hybridized carbons (Fsp3) is 0.200. The van der Waals surface area contributed by atoms with Crippen molar-refractivity contribution >= 4 is 38.6 Å². The Bertz CT molecular complexity index is 1540. The Kier molecular flexibility index (Phi) is 6.99. The second-order valence-corrected chi connectivity index (χ2v) is 10.2. The molecular formula is C30H26BrNO6. The average molecular weight is 576 g/mol. The van der Waals surface area contributed by atoms with Crippen molar-refractivity contribution in [1.82, 2.24) is 4.90 Å². The highest BCUT2D eigenvalue weighted by atomic mass is 79.9. The number of rotatable bonds is 8. The molecule has 1 unspecified atom stereocenters. The summed E-state index contributed by atoms with van der Waals surface area (Å²) in [6.45, 7) is 4.04. The van der Waals surface area contributed by atoms with Crippen LogP contribution in [0.1, 0.15) is 41.6 Å². The number of aliphatic hydroxyl groups excluding tert-OH is 1. The van der Waals surface area contributed by atoms with Gasteiger partial charge in [-0.05, 0) is 73.5 Å². The minimum Gasteiger partial charge on any atom is -0.503 e. The number of hydrogen-bond donors (Lipinski definition) is 1. The third-order valence-electron chi connectivity index (χ3n) is 6.33. The van der Waals surface area contributed by atoms with Crippen LogP contribution >= 0.6 is 15.9 Å². The molecule has 1 atom stereocenters. The molecule has 4 aromatic rings. The molecule has 1 aromatic heterocycles. The normalized spacial score (nSPS) is 15.6. The highest BCUT2D eigenvalue weighted by Gasteiger charge is 2.44. The quantitative estimate of drug-likeness (QED) is 0.233. The molecule has 0 saturated heterocycles. The molecule has 0 spiro atoms. The zero-order valence-electron chi connectivity index (χ0n) is 21.1. The van der Waals surface area contributed by atoms with Gasteiger partial charge in [0, 0.05) is 16.4 Å². The van der Waals surface area contributed by atoms with Crippen molar-refractivity contribution in [3.63, 3.8) is 0 Å². The number of carbonyl (C=O) groups is 2. The van der Waals surface area contributed by atoms with Gasteiger partial charge < -0.3 is 23.9 Å². The maximum Gasteiger partial charge on any atom is 0.290 e. The molecule has 0 fully saturated rings. The molecule has 7 nitrogen and oxygen atoms in total. The van der Waals surface area contributed by atoms with E-state index in [1.165, 1.54) is 4.90 Å². The fourth-order valence-corrected chi connectivity index (χ4v) is 4.96. The first kappa shape index (κ1) is 25.6. The van der Waals surface area contributed by atoms with E-state index in [4.69, 9.17) is 13.9 Å². The summed E-state index contributed by atoms with van der Waals surface area (Å²) in [5, 5.41) is 11.7. The van der Waals surface area contributed by atoms with Gasteiger partial charge in [0.1, 0.15) is 17.1 Å². The first-order valence-electron chi connectivity index (χ1n) is 12.1. The van der Waals surface area contributed by atoms with Crippen molar-refractivity contribution in [2.24, 2.45) is 0 Å². The lowest BCUT2D eigenvalue weighted by atomic mass is 9.94. The summed E-state index contributed by atoms with van der Waals surface area (Å²) < 4.78 is 17.7. The van der Waals surface area contributed by atoms with Gasteiger partial charge in [-0.25, -0.2) is 0 Å². The van der Waals surface area contributed by atoms with Crippen molar-refractivity contribution in [3.8, 4) is 11.5 Å². The van der Waals surface area contributed by atoms with Crippen molar-refractivity contribution in [3.05, 3.63) is 105 Å². The molecular weight excluding hydrogens is 550 g/mol. The van der Waals surface area contributed by atoms with Crippen LogP contribution in [0.2, 0.25) is 0 Å². The van der Waals surface area contributed by atoms with Crippen molar-refractivity contribution in [2.45, 2.75) is 32.5 Å². The maximum absolute atomic E-state index is 13.8. The molecule has 5 rings (SSSR count). The zero-order chi connectivity index (χ0) is 27.0. The Morgan fingerprint density at radius 3 is 2.37 bits per heavy atom. The third kappa shape index (κ3) is 4.91. The van der Waals surface area contributed by atoms with E-state index in [0.29, 0.717) is 22.6 Å². The minimum absolute atomic E-state index is 0.00493. The smallest absolute Gasteiger partial charge is 0.290 e. The van der Waals surface area contributed by atoms with Crippen LogP contribution in [0.25, 0.3) is 11.0 Å². The molecule has 0 bridgehead atoms. The summed E-state index contributed by atoms with van der Waals surface area (Å²) in [6.07, 6.45) is -0.00493. The Hall–Kier alpha value is -4.04. The number of fused-ring (bicyclic) bond motifs is 1. The van der Waals surface area contributed by atoms with E-state index in [1.54, 1.807) is 55.6 Å². The number of hydrogen-bond acceptors (Lipinski definition) is 6. The number of benzene rings is 3. The number of aliphatic hydroxyl groups is 1. The summed E-state index contributed by atoms with van der Waals surface area (Å²) >= 11 is 3.43. The topological polar surface area (TPSA) is 89.2 Å². The largest absolute Gasteiger partial charge is 0.503 e. The number of ether oxygens (including phenoxy) is 2. The fourth-order valence-electron chi connectivity index (χ4n) is 4.58. The third-order valence-corrected chi connectivity index (χ3v) is 6.82. The van der Waals surface area contributed by atoms with Gasteiger partial charge in [0.15, 0.2) is 11.5 Å². The van der Waals surface area contributed by atoms with Crippen LogP contribution in [0.3, 0.4) is 0 Å². The van der Waals surface area contributed by atoms with Gasteiger partial charge in [0.05, 0.1) is 24.8 Å². The number of ketones is 1. The maximum atomic E-state index is 13.8. The van der Waals surface area contributed by atoms with E-state index < -0.39 is 23.5 Å². The molecule has 194 valence electrons. The Morgan fingerprint density at radius 2 is 1.71 bits per heavy atom. The SMILES string of the molecule is COc1ccc(CN2C(=O)C(O)=C(C(=O)c3cc4cc(Br)ccc4o3)C2c2ccc(OC(C)C)cc2)cc1. The first-order valence-corrected chi connectivity index (χ1v) is 12.9. The number of amides is 1. The number of furan rings is 1. The first-order chi connectivity index (χ1) is 18.2. The number of nitrogens with zero attached hydrogens (tertiary/aromatic N) is 1. The second-order valence-electron chi connectivity index (χ2n) is 9.30. The number of methoxy groups -OCH3 is 1. The Morgan fingerprint density at radius 1 is 1.03 bits per heavy atom. The van der Waals surface area contributed by atoms with Gasteiger partial charge >= 0.3 is 0 Å². The molecule has 3 aromatic carbocycles. The van der Waals surface area contributed by atoms with Crippen LogP contribution in [-0.4, -0.2) is 34.9 Å². The Balaban J connectivity index is 1.56. The molecule has 8 heteroatoms. The van der Waals surface area contributed by atoms with Crippen LogP contribution in [0.5, 0.6) is 11.5 Å². The molecule has 2 heterocycles. The lowest BCUT2D eigenvalue weighted by Gasteiger charge is -2.27. The standard InChI is InChI=1S/C30H26BrNO6/c1-17(2)37-23-11-6-19(7-12-23)27-26(28(33)25-15-20-14-21(31)8-13-24(20)38-25)29(34)30(35)32(27)16-18-4-9-22(36-3)10-5-18/h4-15,17,27,34H,16H2,1-3H3. The van der Waals surface area contributed by atoms with Crippen LogP contribution in [0, 0.1) is 0 Å². The summed E-state index contributed by atoms with van der Waals surface area (Å²) in [7, 11) is 1.58.